The molecule has 0 aliphatic heterocycles. The average molecular weight is 511 g/mol. The summed E-state index contributed by atoms with van der Waals surface area (Å²) < 4.78 is 0. The van der Waals surface area contributed by atoms with Crippen molar-refractivity contribution in [2.24, 2.45) is 11.7 Å². The number of thioether (sulfide) groups is 1. The molecule has 10 nitrogen and oxygen atoms in total. The molecule has 0 radical (unpaired) electrons. The second-order valence-corrected chi connectivity index (χ2v) is 9.56. The molecule has 7 N–H and O–H groups in total. The predicted octanol–water partition coefficient (Wildman–Crippen LogP) is 0.275. The smallest absolute Gasteiger partial charge is 0.326 e. The molecule has 196 valence electrons. The molecule has 0 aliphatic rings. The summed E-state index contributed by atoms with van der Waals surface area (Å²) in [6.45, 7) is 5.00. The number of hydrogen-bond donors (Lipinski definition) is 6. The van der Waals surface area contributed by atoms with Crippen LogP contribution in [0.25, 0.3) is 0 Å². The molecule has 0 fully saturated rings. The van der Waals surface area contributed by atoms with E-state index in [9.17, 15) is 29.4 Å². The monoisotopic (exact) mass is 510 g/mol. The Morgan fingerprint density at radius 2 is 1.57 bits per heavy atom. The van der Waals surface area contributed by atoms with Crippen molar-refractivity contribution in [2.45, 2.75) is 70.3 Å². The first-order chi connectivity index (χ1) is 16.5. The second kappa shape index (κ2) is 15.4. The summed E-state index contributed by atoms with van der Waals surface area (Å²) in [6, 6.07) is 4.55. The predicted molar refractivity (Wildman–Crippen MR) is 136 cm³/mol. The van der Waals surface area contributed by atoms with Gasteiger partial charge in [0.25, 0.3) is 0 Å². The third kappa shape index (κ3) is 10.3. The summed E-state index contributed by atoms with van der Waals surface area (Å²) in [6.07, 6.45) is 1.67. The highest BCUT2D eigenvalue weighted by Gasteiger charge is 2.33. The van der Waals surface area contributed by atoms with Gasteiger partial charge in [0.2, 0.25) is 17.7 Å². The zero-order chi connectivity index (χ0) is 26.5. The number of amides is 3. The SMILES string of the molecule is CCC(C)C(NC(=O)C(N)C(C)O)C(=O)NC(CCSC)C(=O)NC(Cc1ccccc1)C(=O)O. The minimum absolute atomic E-state index is 0.0912. The van der Waals surface area contributed by atoms with E-state index in [1.165, 1.54) is 18.7 Å². The number of aliphatic carboxylic acids is 1. The van der Waals surface area contributed by atoms with Crippen molar-refractivity contribution in [3.8, 4) is 0 Å². The van der Waals surface area contributed by atoms with Crippen molar-refractivity contribution in [3.63, 3.8) is 0 Å². The van der Waals surface area contributed by atoms with E-state index in [2.05, 4.69) is 16.0 Å². The molecule has 1 aromatic carbocycles. The highest BCUT2D eigenvalue weighted by molar-refractivity contribution is 7.98. The van der Waals surface area contributed by atoms with Crippen molar-refractivity contribution >= 4 is 35.5 Å². The lowest BCUT2D eigenvalue weighted by atomic mass is 9.97. The fourth-order valence-corrected chi connectivity index (χ4v) is 3.73. The molecule has 0 saturated heterocycles. The quantitative estimate of drug-likeness (QED) is 0.195. The van der Waals surface area contributed by atoms with Gasteiger partial charge in [-0.25, -0.2) is 4.79 Å². The van der Waals surface area contributed by atoms with Crippen LogP contribution < -0.4 is 21.7 Å². The Kier molecular flexibility index (Phi) is 13.4. The zero-order valence-corrected chi connectivity index (χ0v) is 21.5. The number of nitrogens with two attached hydrogens (primary N) is 1. The van der Waals surface area contributed by atoms with Gasteiger partial charge in [0.05, 0.1) is 6.10 Å². The molecule has 0 aliphatic carbocycles. The van der Waals surface area contributed by atoms with Gasteiger partial charge in [0.1, 0.15) is 24.2 Å². The van der Waals surface area contributed by atoms with Crippen molar-refractivity contribution in [1.82, 2.24) is 16.0 Å². The van der Waals surface area contributed by atoms with Crippen LogP contribution in [0.15, 0.2) is 30.3 Å². The van der Waals surface area contributed by atoms with E-state index in [0.29, 0.717) is 12.2 Å². The Bertz CT molecular complexity index is 839. The van der Waals surface area contributed by atoms with Gasteiger partial charge in [0, 0.05) is 6.42 Å². The standard InChI is InChI=1S/C24H38N4O6S/c1-5-14(2)20(28-22(31)19(25)15(3)29)23(32)26-17(11-12-35-4)21(30)27-18(24(33)34)13-16-9-7-6-8-10-16/h6-10,14-15,17-20,29H,5,11-13,25H2,1-4H3,(H,26,32)(H,27,30)(H,28,31)(H,33,34). The van der Waals surface area contributed by atoms with Crippen LogP contribution in [-0.2, 0) is 25.6 Å². The molecule has 0 heterocycles. The van der Waals surface area contributed by atoms with E-state index in [1.807, 2.05) is 19.2 Å². The average Bonchev–Trinajstić information content (AvgIpc) is 2.83. The first kappa shape index (κ1) is 30.4. The van der Waals surface area contributed by atoms with E-state index in [4.69, 9.17) is 5.73 Å². The summed E-state index contributed by atoms with van der Waals surface area (Å²) in [5.74, 6) is -2.81. The van der Waals surface area contributed by atoms with E-state index >= 15 is 0 Å². The van der Waals surface area contributed by atoms with Gasteiger partial charge in [-0.05, 0) is 36.8 Å². The number of carboxylic acids is 1. The third-order valence-electron chi connectivity index (χ3n) is 5.76. The number of carbonyl (C=O) groups excluding carboxylic acids is 3. The van der Waals surface area contributed by atoms with Crippen molar-refractivity contribution < 1.29 is 29.4 Å². The maximum atomic E-state index is 13.1. The van der Waals surface area contributed by atoms with Crippen molar-refractivity contribution in [3.05, 3.63) is 35.9 Å². The second-order valence-electron chi connectivity index (χ2n) is 8.57. The molecule has 35 heavy (non-hydrogen) atoms. The number of carboxylic acid groups (broad SMARTS) is 1. The van der Waals surface area contributed by atoms with Crippen LogP contribution in [0.2, 0.25) is 0 Å². The number of nitrogens with one attached hydrogen (secondary N) is 3. The fourth-order valence-electron chi connectivity index (χ4n) is 3.26. The topological polar surface area (TPSA) is 171 Å². The molecule has 3 amide bonds. The summed E-state index contributed by atoms with van der Waals surface area (Å²) in [4.78, 5) is 50.3. The minimum Gasteiger partial charge on any atom is -0.480 e. The molecule has 11 heteroatoms. The van der Waals surface area contributed by atoms with Crippen LogP contribution in [0.4, 0.5) is 0 Å². The molecule has 0 saturated carbocycles. The Balaban J connectivity index is 3.01. The van der Waals surface area contributed by atoms with Crippen LogP contribution in [0.1, 0.15) is 39.2 Å². The summed E-state index contributed by atoms with van der Waals surface area (Å²) in [5, 5.41) is 27.0. The van der Waals surface area contributed by atoms with E-state index in [1.54, 1.807) is 31.2 Å². The Morgan fingerprint density at radius 1 is 0.971 bits per heavy atom. The van der Waals surface area contributed by atoms with Crippen LogP contribution in [0.3, 0.4) is 0 Å². The lowest BCUT2D eigenvalue weighted by molar-refractivity contribution is -0.142. The van der Waals surface area contributed by atoms with Gasteiger partial charge in [0.15, 0.2) is 0 Å². The summed E-state index contributed by atoms with van der Waals surface area (Å²) >= 11 is 1.48. The summed E-state index contributed by atoms with van der Waals surface area (Å²) in [7, 11) is 0. The number of aliphatic hydroxyl groups is 1. The first-order valence-corrected chi connectivity index (χ1v) is 13.0. The highest BCUT2D eigenvalue weighted by Crippen LogP contribution is 2.11. The fraction of sp³-hybridized carbons (Fsp3) is 0.583. The zero-order valence-electron chi connectivity index (χ0n) is 20.7. The van der Waals surface area contributed by atoms with Gasteiger partial charge in [-0.15, -0.1) is 0 Å². The molecular weight excluding hydrogens is 472 g/mol. The number of carbonyl (C=O) groups is 4. The number of hydrogen-bond acceptors (Lipinski definition) is 7. The van der Waals surface area contributed by atoms with Crippen molar-refractivity contribution in [2.75, 3.05) is 12.0 Å². The van der Waals surface area contributed by atoms with Crippen LogP contribution in [0.5, 0.6) is 0 Å². The van der Waals surface area contributed by atoms with E-state index < -0.39 is 54.0 Å². The van der Waals surface area contributed by atoms with Gasteiger partial charge in [-0.1, -0.05) is 50.6 Å². The van der Waals surface area contributed by atoms with Gasteiger partial charge in [-0.3, -0.25) is 14.4 Å². The summed E-state index contributed by atoms with van der Waals surface area (Å²) in [5.41, 5.74) is 6.44. The minimum atomic E-state index is -1.21. The molecular formula is C24H38N4O6S. The van der Waals surface area contributed by atoms with Gasteiger partial charge < -0.3 is 31.9 Å². The van der Waals surface area contributed by atoms with Crippen LogP contribution >= 0.6 is 11.8 Å². The molecule has 0 spiro atoms. The molecule has 1 aromatic rings. The lowest BCUT2D eigenvalue weighted by Gasteiger charge is -2.28. The maximum Gasteiger partial charge on any atom is 0.326 e. The molecule has 0 aromatic heterocycles. The Labute approximate surface area is 210 Å². The Hall–Kier alpha value is -2.63. The molecule has 6 unspecified atom stereocenters. The molecule has 6 atom stereocenters. The Morgan fingerprint density at radius 3 is 2.09 bits per heavy atom. The number of benzene rings is 1. The molecule has 1 rings (SSSR count). The highest BCUT2D eigenvalue weighted by atomic mass is 32.2. The van der Waals surface area contributed by atoms with Crippen LogP contribution in [-0.4, -0.2) is 76.2 Å². The number of rotatable bonds is 15. The maximum absolute atomic E-state index is 13.1. The third-order valence-corrected chi connectivity index (χ3v) is 6.40. The van der Waals surface area contributed by atoms with Crippen molar-refractivity contribution in [1.29, 1.82) is 0 Å². The first-order valence-electron chi connectivity index (χ1n) is 11.6. The van der Waals surface area contributed by atoms with E-state index in [0.717, 1.165) is 5.56 Å². The van der Waals surface area contributed by atoms with Gasteiger partial charge in [-0.2, -0.15) is 11.8 Å². The molecule has 0 bridgehead atoms. The van der Waals surface area contributed by atoms with Gasteiger partial charge >= 0.3 is 5.97 Å². The largest absolute Gasteiger partial charge is 0.480 e. The number of aliphatic hydroxyl groups excluding tert-OH is 1. The lowest BCUT2D eigenvalue weighted by Crippen LogP contribution is -2.59. The normalized spacial score (nSPS) is 16.2. The van der Waals surface area contributed by atoms with E-state index in [-0.39, 0.29) is 18.8 Å². The van der Waals surface area contributed by atoms with Crippen LogP contribution in [0, 0.1) is 5.92 Å².